The second kappa shape index (κ2) is 5.53. The molecule has 1 amide bonds. The summed E-state index contributed by atoms with van der Waals surface area (Å²) in [5.74, 6) is 0.700. The molecule has 1 fully saturated rings. The Hall–Kier alpha value is -1.35. The van der Waals surface area contributed by atoms with Crippen LogP contribution >= 0.6 is 0 Å². The van der Waals surface area contributed by atoms with Crippen molar-refractivity contribution in [2.45, 2.75) is 39.2 Å². The Labute approximate surface area is 109 Å². The molecule has 1 saturated carbocycles. The summed E-state index contributed by atoms with van der Waals surface area (Å²) in [5.41, 5.74) is 9.43. The molecular weight excluding hydrogens is 224 g/mol. The van der Waals surface area contributed by atoms with Crippen molar-refractivity contribution >= 4 is 5.91 Å². The molecule has 2 rings (SSSR count). The minimum Gasteiger partial charge on any atom is -0.354 e. The molecule has 3 nitrogen and oxygen atoms in total. The fourth-order valence-electron chi connectivity index (χ4n) is 2.15. The summed E-state index contributed by atoms with van der Waals surface area (Å²) >= 11 is 0. The van der Waals surface area contributed by atoms with Crippen LogP contribution in [0.4, 0.5) is 0 Å². The van der Waals surface area contributed by atoms with Gasteiger partial charge in [0.05, 0.1) is 6.42 Å². The number of carbonyl (C=O) groups excluding carboxylic acids is 1. The van der Waals surface area contributed by atoms with Gasteiger partial charge >= 0.3 is 0 Å². The highest BCUT2D eigenvalue weighted by Crippen LogP contribution is 2.31. The molecule has 1 aliphatic carbocycles. The van der Waals surface area contributed by atoms with Crippen LogP contribution in [0.3, 0.4) is 0 Å². The Bertz CT molecular complexity index is 438. The molecule has 0 spiro atoms. The van der Waals surface area contributed by atoms with Gasteiger partial charge in [-0.25, -0.2) is 0 Å². The van der Waals surface area contributed by atoms with Crippen LogP contribution in [0.2, 0.25) is 0 Å². The van der Waals surface area contributed by atoms with Gasteiger partial charge in [0.1, 0.15) is 0 Å². The number of nitrogens with one attached hydrogen (secondary N) is 1. The second-order valence-corrected chi connectivity index (χ2v) is 5.41. The molecule has 1 aromatic rings. The van der Waals surface area contributed by atoms with Crippen LogP contribution in [0.15, 0.2) is 18.2 Å². The number of aryl methyl sites for hydroxylation is 2. The minimum absolute atomic E-state index is 0.0693. The zero-order chi connectivity index (χ0) is 13.1. The maximum atomic E-state index is 11.9. The van der Waals surface area contributed by atoms with Gasteiger partial charge in [-0.3, -0.25) is 4.79 Å². The maximum absolute atomic E-state index is 11.9. The highest BCUT2D eigenvalue weighted by molar-refractivity contribution is 5.79. The molecule has 3 N–H and O–H groups in total. The predicted octanol–water partition coefficient (Wildman–Crippen LogP) is 1.70. The number of hydrogen-bond donors (Lipinski definition) is 2. The van der Waals surface area contributed by atoms with Gasteiger partial charge in [0, 0.05) is 12.6 Å². The third-order valence-electron chi connectivity index (χ3n) is 3.62. The molecule has 3 heteroatoms. The van der Waals surface area contributed by atoms with E-state index in [0.29, 0.717) is 18.9 Å². The molecule has 0 aliphatic heterocycles. The number of rotatable bonds is 5. The highest BCUT2D eigenvalue weighted by Gasteiger charge is 2.28. The van der Waals surface area contributed by atoms with Gasteiger partial charge in [-0.05, 0) is 43.7 Å². The van der Waals surface area contributed by atoms with E-state index in [9.17, 15) is 4.79 Å². The molecule has 0 heterocycles. The molecule has 18 heavy (non-hydrogen) atoms. The van der Waals surface area contributed by atoms with Gasteiger partial charge < -0.3 is 11.1 Å². The molecule has 1 aliphatic rings. The predicted molar refractivity (Wildman–Crippen MR) is 73.3 cm³/mol. The smallest absolute Gasteiger partial charge is 0.224 e. The Balaban J connectivity index is 1.84. The van der Waals surface area contributed by atoms with E-state index < -0.39 is 0 Å². The molecule has 1 atom stereocenters. The van der Waals surface area contributed by atoms with E-state index in [4.69, 9.17) is 5.73 Å². The highest BCUT2D eigenvalue weighted by atomic mass is 16.1. The Kier molecular flexibility index (Phi) is 4.02. The summed E-state index contributed by atoms with van der Waals surface area (Å²) < 4.78 is 0. The summed E-state index contributed by atoms with van der Waals surface area (Å²) in [7, 11) is 0. The maximum Gasteiger partial charge on any atom is 0.224 e. The van der Waals surface area contributed by atoms with Gasteiger partial charge in [-0.1, -0.05) is 23.8 Å². The SMILES string of the molecule is Cc1ccc(C)c(CC(=O)NCC(N)C2CC2)c1. The third-order valence-corrected chi connectivity index (χ3v) is 3.62. The number of hydrogen-bond acceptors (Lipinski definition) is 2. The number of nitrogens with two attached hydrogens (primary N) is 1. The minimum atomic E-state index is 0.0693. The van der Waals surface area contributed by atoms with Crippen molar-refractivity contribution in [2.24, 2.45) is 11.7 Å². The fourth-order valence-corrected chi connectivity index (χ4v) is 2.15. The second-order valence-electron chi connectivity index (χ2n) is 5.41. The van der Waals surface area contributed by atoms with Gasteiger partial charge in [0.15, 0.2) is 0 Å². The average molecular weight is 246 g/mol. The number of carbonyl (C=O) groups is 1. The van der Waals surface area contributed by atoms with Crippen molar-refractivity contribution in [3.05, 3.63) is 34.9 Å². The Morgan fingerprint density at radius 3 is 2.83 bits per heavy atom. The molecule has 0 radical (unpaired) electrons. The normalized spacial score (nSPS) is 16.4. The van der Waals surface area contributed by atoms with E-state index in [1.54, 1.807) is 0 Å². The average Bonchev–Trinajstić information content (AvgIpc) is 3.15. The Morgan fingerprint density at radius 2 is 2.17 bits per heavy atom. The lowest BCUT2D eigenvalue weighted by Gasteiger charge is -2.12. The standard InChI is InChI=1S/C15H22N2O/c1-10-3-4-11(2)13(7-10)8-15(18)17-9-14(16)12-5-6-12/h3-4,7,12,14H,5-6,8-9,16H2,1-2H3,(H,17,18). The first-order valence-electron chi connectivity index (χ1n) is 6.64. The summed E-state index contributed by atoms with van der Waals surface area (Å²) in [6.07, 6.45) is 2.88. The summed E-state index contributed by atoms with van der Waals surface area (Å²) in [6.45, 7) is 4.69. The lowest BCUT2D eigenvalue weighted by Crippen LogP contribution is -2.39. The van der Waals surface area contributed by atoms with Crippen molar-refractivity contribution in [3.63, 3.8) is 0 Å². The monoisotopic (exact) mass is 246 g/mol. The fraction of sp³-hybridized carbons (Fsp3) is 0.533. The van der Waals surface area contributed by atoms with Crippen molar-refractivity contribution < 1.29 is 4.79 Å². The molecule has 1 aromatic carbocycles. The lowest BCUT2D eigenvalue weighted by atomic mass is 10.0. The number of amides is 1. The quantitative estimate of drug-likeness (QED) is 0.831. The van der Waals surface area contributed by atoms with Crippen LogP contribution in [0.25, 0.3) is 0 Å². The lowest BCUT2D eigenvalue weighted by molar-refractivity contribution is -0.120. The first kappa shape index (κ1) is 13.1. The van der Waals surface area contributed by atoms with E-state index in [0.717, 1.165) is 5.56 Å². The van der Waals surface area contributed by atoms with E-state index in [1.807, 2.05) is 13.8 Å². The van der Waals surface area contributed by atoms with Crippen LogP contribution in [0.5, 0.6) is 0 Å². The van der Waals surface area contributed by atoms with Gasteiger partial charge in [-0.15, -0.1) is 0 Å². The summed E-state index contributed by atoms with van der Waals surface area (Å²) in [6, 6.07) is 6.34. The van der Waals surface area contributed by atoms with E-state index in [-0.39, 0.29) is 11.9 Å². The van der Waals surface area contributed by atoms with Crippen LogP contribution < -0.4 is 11.1 Å². The zero-order valence-corrected chi connectivity index (χ0v) is 11.2. The largest absolute Gasteiger partial charge is 0.354 e. The Morgan fingerprint density at radius 1 is 1.44 bits per heavy atom. The van der Waals surface area contributed by atoms with Gasteiger partial charge in [-0.2, -0.15) is 0 Å². The molecule has 0 bridgehead atoms. The van der Waals surface area contributed by atoms with Crippen molar-refractivity contribution in [2.75, 3.05) is 6.54 Å². The topological polar surface area (TPSA) is 55.1 Å². The first-order chi connectivity index (χ1) is 8.56. The van der Waals surface area contributed by atoms with Gasteiger partial charge in [0.2, 0.25) is 5.91 Å². The van der Waals surface area contributed by atoms with Crippen molar-refractivity contribution in [3.8, 4) is 0 Å². The molecule has 0 saturated heterocycles. The van der Waals surface area contributed by atoms with Gasteiger partial charge in [0.25, 0.3) is 0 Å². The summed E-state index contributed by atoms with van der Waals surface area (Å²) in [4.78, 5) is 11.9. The van der Waals surface area contributed by atoms with Crippen LogP contribution in [-0.2, 0) is 11.2 Å². The molecular formula is C15H22N2O. The third kappa shape index (κ3) is 3.57. The first-order valence-corrected chi connectivity index (χ1v) is 6.64. The number of benzene rings is 1. The zero-order valence-electron chi connectivity index (χ0n) is 11.2. The van der Waals surface area contributed by atoms with E-state index in [2.05, 4.69) is 23.5 Å². The van der Waals surface area contributed by atoms with Crippen LogP contribution in [0.1, 0.15) is 29.5 Å². The summed E-state index contributed by atoms with van der Waals surface area (Å²) in [5, 5.41) is 2.93. The van der Waals surface area contributed by atoms with Crippen molar-refractivity contribution in [1.82, 2.24) is 5.32 Å². The van der Waals surface area contributed by atoms with Crippen molar-refractivity contribution in [1.29, 1.82) is 0 Å². The van der Waals surface area contributed by atoms with Crippen LogP contribution in [-0.4, -0.2) is 18.5 Å². The molecule has 98 valence electrons. The van der Waals surface area contributed by atoms with E-state index >= 15 is 0 Å². The van der Waals surface area contributed by atoms with E-state index in [1.165, 1.54) is 24.0 Å². The molecule has 0 aromatic heterocycles. The van der Waals surface area contributed by atoms with Crippen LogP contribution in [0, 0.1) is 19.8 Å². The molecule has 1 unspecified atom stereocenters.